The van der Waals surface area contributed by atoms with Crippen molar-refractivity contribution in [3.8, 4) is 0 Å². The van der Waals surface area contributed by atoms with E-state index in [0.717, 1.165) is 25.7 Å². The lowest BCUT2D eigenvalue weighted by Crippen LogP contribution is -2.71. The van der Waals surface area contributed by atoms with Crippen molar-refractivity contribution >= 4 is 0 Å². The van der Waals surface area contributed by atoms with E-state index in [-0.39, 0.29) is 29.2 Å². The van der Waals surface area contributed by atoms with Crippen LogP contribution in [0.3, 0.4) is 0 Å². The summed E-state index contributed by atoms with van der Waals surface area (Å²) in [6, 6.07) is 10.5. The Labute approximate surface area is 171 Å². The van der Waals surface area contributed by atoms with E-state index in [1.54, 1.807) is 0 Å². The minimum absolute atomic E-state index is 0.00648. The highest BCUT2D eigenvalue weighted by molar-refractivity contribution is 5.17. The molecule has 0 amide bonds. The summed E-state index contributed by atoms with van der Waals surface area (Å²) < 4.78 is 13.0. The van der Waals surface area contributed by atoms with Crippen LogP contribution in [0.4, 0.5) is 0 Å². The van der Waals surface area contributed by atoms with E-state index >= 15 is 0 Å². The molecular formula is C24H39NO3. The predicted molar refractivity (Wildman–Crippen MR) is 113 cm³/mol. The van der Waals surface area contributed by atoms with Gasteiger partial charge in [0.1, 0.15) is 6.10 Å². The minimum atomic E-state index is -0.522. The minimum Gasteiger partial charge on any atom is -0.347 e. The molecule has 2 fully saturated rings. The Bertz CT molecular complexity index is 653. The van der Waals surface area contributed by atoms with E-state index in [1.165, 1.54) is 5.56 Å². The smallest absolute Gasteiger partial charge is 0.175 e. The van der Waals surface area contributed by atoms with Crippen LogP contribution in [-0.4, -0.2) is 34.6 Å². The third kappa shape index (κ3) is 3.54. The summed E-state index contributed by atoms with van der Waals surface area (Å²) in [5.74, 6) is -0.323. The number of rotatable bonds is 6. The van der Waals surface area contributed by atoms with Gasteiger partial charge in [-0.25, -0.2) is 0 Å². The molecule has 6 atom stereocenters. The maximum absolute atomic E-state index is 6.74. The lowest BCUT2D eigenvalue weighted by Gasteiger charge is -2.62. The summed E-state index contributed by atoms with van der Waals surface area (Å²) in [7, 11) is 0. The highest BCUT2D eigenvalue weighted by Crippen LogP contribution is 2.55. The van der Waals surface area contributed by atoms with E-state index in [1.807, 2.05) is 6.07 Å². The maximum Gasteiger partial charge on any atom is 0.175 e. The van der Waals surface area contributed by atoms with Crippen LogP contribution < -0.4 is 0 Å². The second-order valence-corrected chi connectivity index (χ2v) is 9.18. The molecule has 0 aliphatic carbocycles. The van der Waals surface area contributed by atoms with Crippen molar-refractivity contribution < 1.29 is 14.3 Å². The third-order valence-corrected chi connectivity index (χ3v) is 7.52. The summed E-state index contributed by atoms with van der Waals surface area (Å²) in [5.41, 5.74) is 0.851. The third-order valence-electron chi connectivity index (χ3n) is 7.52. The van der Waals surface area contributed by atoms with E-state index < -0.39 is 5.79 Å². The number of nitrogens with zero attached hydrogens (tertiary/aromatic N) is 1. The van der Waals surface area contributed by atoms with Crippen LogP contribution in [0.5, 0.6) is 0 Å². The van der Waals surface area contributed by atoms with Gasteiger partial charge in [0.15, 0.2) is 5.79 Å². The first-order chi connectivity index (χ1) is 13.2. The topological polar surface area (TPSA) is 30.9 Å². The van der Waals surface area contributed by atoms with Gasteiger partial charge in [0.25, 0.3) is 0 Å². The summed E-state index contributed by atoms with van der Waals surface area (Å²) >= 11 is 0. The second kappa shape index (κ2) is 8.06. The molecule has 1 spiro atoms. The molecule has 1 aromatic carbocycles. The van der Waals surface area contributed by atoms with Crippen LogP contribution in [-0.2, 0) is 14.3 Å². The quantitative estimate of drug-likeness (QED) is 0.608. The summed E-state index contributed by atoms with van der Waals surface area (Å²) in [6.45, 7) is 16.4. The van der Waals surface area contributed by atoms with Gasteiger partial charge in [-0.3, -0.25) is 4.84 Å². The average molecular weight is 390 g/mol. The summed E-state index contributed by atoms with van der Waals surface area (Å²) in [5, 5.41) is 2.31. The summed E-state index contributed by atoms with van der Waals surface area (Å²) in [4.78, 5) is 6.74. The first-order valence-corrected chi connectivity index (χ1v) is 11.1. The number of hydrogen-bond acceptors (Lipinski definition) is 4. The molecule has 4 heteroatoms. The highest BCUT2D eigenvalue weighted by atomic mass is 16.8. The van der Waals surface area contributed by atoms with Gasteiger partial charge in [-0.1, -0.05) is 58.0 Å². The number of piperidine rings is 1. The van der Waals surface area contributed by atoms with Crippen LogP contribution in [0.15, 0.2) is 30.3 Å². The number of hydroxylamine groups is 2. The van der Waals surface area contributed by atoms with Gasteiger partial charge in [0.2, 0.25) is 0 Å². The van der Waals surface area contributed by atoms with E-state index in [4.69, 9.17) is 14.3 Å². The zero-order valence-corrected chi connectivity index (χ0v) is 18.8. The molecule has 158 valence electrons. The van der Waals surface area contributed by atoms with Gasteiger partial charge in [-0.05, 0) is 45.6 Å². The van der Waals surface area contributed by atoms with Gasteiger partial charge in [-0.15, -0.1) is 0 Å². The Morgan fingerprint density at radius 1 is 1.14 bits per heavy atom. The van der Waals surface area contributed by atoms with Crippen molar-refractivity contribution in [3.63, 3.8) is 0 Å². The largest absolute Gasteiger partial charge is 0.347 e. The molecule has 28 heavy (non-hydrogen) atoms. The second-order valence-electron chi connectivity index (χ2n) is 9.18. The van der Waals surface area contributed by atoms with Crippen LogP contribution in [0.2, 0.25) is 0 Å². The van der Waals surface area contributed by atoms with Crippen molar-refractivity contribution in [2.75, 3.05) is 6.61 Å². The molecule has 4 nitrogen and oxygen atoms in total. The van der Waals surface area contributed by atoms with Gasteiger partial charge < -0.3 is 9.47 Å². The molecule has 3 rings (SSSR count). The number of benzene rings is 1. The normalized spacial score (nSPS) is 40.1. The average Bonchev–Trinajstić information content (AvgIpc) is 3.14. The molecule has 1 aromatic rings. The Morgan fingerprint density at radius 2 is 1.82 bits per heavy atom. The van der Waals surface area contributed by atoms with E-state index in [9.17, 15) is 0 Å². The fourth-order valence-electron chi connectivity index (χ4n) is 5.04. The molecule has 0 aromatic heterocycles. The van der Waals surface area contributed by atoms with E-state index in [2.05, 4.69) is 77.8 Å². The van der Waals surface area contributed by atoms with Gasteiger partial charge in [0, 0.05) is 17.9 Å². The van der Waals surface area contributed by atoms with Crippen molar-refractivity contribution in [1.82, 2.24) is 5.06 Å². The highest BCUT2D eigenvalue weighted by Gasteiger charge is 2.64. The zero-order valence-electron chi connectivity index (χ0n) is 18.8. The first kappa shape index (κ1) is 21.8. The zero-order chi connectivity index (χ0) is 20.6. The number of hydrogen-bond donors (Lipinski definition) is 0. The van der Waals surface area contributed by atoms with Crippen LogP contribution >= 0.6 is 0 Å². The lowest BCUT2D eigenvalue weighted by molar-refractivity contribution is -0.380. The monoisotopic (exact) mass is 389 g/mol. The molecule has 0 bridgehead atoms. The molecule has 2 aliphatic rings. The fraction of sp³-hybridized carbons (Fsp3) is 0.750. The molecule has 2 aliphatic heterocycles. The Hall–Kier alpha value is -0.940. The Kier molecular flexibility index (Phi) is 6.26. The SMILES string of the molecule is CCC1COC2(CC(C)(CC)N(OC(C)c3ccccc3)C(C)(CC)C2C)O1. The molecule has 2 saturated heterocycles. The molecule has 6 unspecified atom stereocenters. The predicted octanol–water partition coefficient (Wildman–Crippen LogP) is 5.88. The van der Waals surface area contributed by atoms with E-state index in [0.29, 0.717) is 6.61 Å². The number of ether oxygens (including phenoxy) is 2. The van der Waals surface area contributed by atoms with Gasteiger partial charge >= 0.3 is 0 Å². The molecule has 2 heterocycles. The van der Waals surface area contributed by atoms with Crippen LogP contribution in [0.25, 0.3) is 0 Å². The lowest BCUT2D eigenvalue weighted by atomic mass is 9.67. The molecule has 0 N–H and O–H groups in total. The molecular weight excluding hydrogens is 350 g/mol. The van der Waals surface area contributed by atoms with Gasteiger partial charge in [-0.2, -0.15) is 5.06 Å². The maximum atomic E-state index is 6.74. The standard InChI is InChI=1S/C24H39NO3/c1-8-21-16-26-24(27-21)17-22(6,9-2)25(23(7,10-3)19(24)5)28-18(4)20-14-12-11-13-15-20/h11-15,18-19,21H,8-10,16-17H2,1-7H3. The molecule has 0 radical (unpaired) electrons. The molecule has 0 saturated carbocycles. The van der Waals surface area contributed by atoms with Crippen molar-refractivity contribution in [3.05, 3.63) is 35.9 Å². The van der Waals surface area contributed by atoms with Crippen molar-refractivity contribution in [1.29, 1.82) is 0 Å². The van der Waals surface area contributed by atoms with Crippen LogP contribution in [0.1, 0.15) is 85.8 Å². The Morgan fingerprint density at radius 3 is 2.36 bits per heavy atom. The Balaban J connectivity index is 1.95. The first-order valence-electron chi connectivity index (χ1n) is 11.1. The van der Waals surface area contributed by atoms with Crippen molar-refractivity contribution in [2.24, 2.45) is 5.92 Å². The fourth-order valence-corrected chi connectivity index (χ4v) is 5.04. The van der Waals surface area contributed by atoms with Gasteiger partial charge in [0.05, 0.1) is 18.2 Å². The van der Waals surface area contributed by atoms with Crippen molar-refractivity contribution in [2.45, 2.75) is 103 Å². The summed E-state index contributed by atoms with van der Waals surface area (Å²) in [6.07, 6.45) is 3.95. The van der Waals surface area contributed by atoms with Crippen LogP contribution in [0, 0.1) is 5.92 Å².